The van der Waals surface area contributed by atoms with Crippen LogP contribution in [0.15, 0.2) is 55.0 Å². The number of aromatic nitrogens is 3. The predicted octanol–water partition coefficient (Wildman–Crippen LogP) is 4.12. The van der Waals surface area contributed by atoms with Crippen LogP contribution in [0.25, 0.3) is 20.9 Å². The number of hydrogen-bond acceptors (Lipinski definition) is 5. The summed E-state index contributed by atoms with van der Waals surface area (Å²) in [7, 11) is 1.95. The summed E-state index contributed by atoms with van der Waals surface area (Å²) in [5, 5.41) is 8.85. The second-order valence-corrected chi connectivity index (χ2v) is 6.86. The topological polar surface area (TPSA) is 77.2 Å². The van der Waals surface area contributed by atoms with Gasteiger partial charge in [-0.1, -0.05) is 12.1 Å². The summed E-state index contributed by atoms with van der Waals surface area (Å²) in [6.45, 7) is 0. The highest BCUT2D eigenvalue weighted by Gasteiger charge is 2.13. The quantitative estimate of drug-likeness (QED) is 0.576. The minimum absolute atomic E-state index is 0.00225. The average molecular weight is 365 g/mol. The van der Waals surface area contributed by atoms with Crippen molar-refractivity contribution >= 4 is 27.5 Å². The van der Waals surface area contributed by atoms with Crippen molar-refractivity contribution in [3.8, 4) is 22.2 Å². The van der Waals surface area contributed by atoms with Crippen molar-refractivity contribution in [3.63, 3.8) is 0 Å². The minimum atomic E-state index is -0.852. The number of aryl methyl sites for hydroxylation is 1. The van der Waals surface area contributed by atoms with Crippen LogP contribution in [0.1, 0.15) is 5.56 Å². The smallest absolute Gasteiger partial charge is 0.307 e. The molecule has 0 bridgehead atoms. The number of thiophene rings is 1. The van der Waals surface area contributed by atoms with Gasteiger partial charge in [-0.15, -0.1) is 11.3 Å². The van der Waals surface area contributed by atoms with Gasteiger partial charge in [-0.3, -0.25) is 9.78 Å². The molecule has 6 nitrogen and oxygen atoms in total. The molecule has 26 heavy (non-hydrogen) atoms. The van der Waals surface area contributed by atoms with Gasteiger partial charge >= 0.3 is 5.97 Å². The van der Waals surface area contributed by atoms with Crippen molar-refractivity contribution in [1.29, 1.82) is 0 Å². The van der Waals surface area contributed by atoms with Gasteiger partial charge in [0.05, 0.1) is 21.5 Å². The van der Waals surface area contributed by atoms with E-state index in [9.17, 15) is 4.79 Å². The molecule has 0 spiro atoms. The molecule has 130 valence electrons. The van der Waals surface area contributed by atoms with Crippen LogP contribution in [0.4, 0.5) is 0 Å². The summed E-state index contributed by atoms with van der Waals surface area (Å²) in [5.74, 6) is 1.40. The van der Waals surface area contributed by atoms with Crippen molar-refractivity contribution in [2.24, 2.45) is 7.05 Å². The molecule has 4 rings (SSSR count). The average Bonchev–Trinajstić information content (AvgIpc) is 3.22. The molecular formula is C19H15N3O3S. The van der Waals surface area contributed by atoms with Crippen molar-refractivity contribution in [2.45, 2.75) is 6.42 Å². The van der Waals surface area contributed by atoms with Crippen LogP contribution >= 0.6 is 11.3 Å². The molecule has 1 N–H and O–H groups in total. The third-order valence-electron chi connectivity index (χ3n) is 3.92. The monoisotopic (exact) mass is 365 g/mol. The van der Waals surface area contributed by atoms with Gasteiger partial charge in [-0.05, 0) is 23.8 Å². The van der Waals surface area contributed by atoms with Crippen LogP contribution < -0.4 is 4.74 Å². The Bertz CT molecular complexity index is 1080. The van der Waals surface area contributed by atoms with E-state index in [4.69, 9.17) is 9.84 Å². The predicted molar refractivity (Wildman–Crippen MR) is 99.7 cm³/mol. The number of imidazole rings is 1. The Morgan fingerprint density at radius 2 is 2.00 bits per heavy atom. The van der Waals surface area contributed by atoms with Crippen LogP contribution in [-0.2, 0) is 18.3 Å². The lowest BCUT2D eigenvalue weighted by molar-refractivity contribution is -0.136. The standard InChI is InChI=1S/C19H15N3O3S/c1-22-9-8-21-19(22)16-11-14-18(26-16)15(6-7-20-14)25-13-4-2-12(3-5-13)10-17(23)24/h2-9,11H,10H2,1H3,(H,23,24). The lowest BCUT2D eigenvalue weighted by Gasteiger charge is -2.07. The number of carbonyl (C=O) groups is 1. The Balaban J connectivity index is 1.65. The number of fused-ring (bicyclic) bond motifs is 1. The molecule has 3 heterocycles. The molecule has 0 saturated heterocycles. The molecule has 0 aliphatic carbocycles. The third kappa shape index (κ3) is 3.16. The number of carboxylic acids is 1. The van der Waals surface area contributed by atoms with Gasteiger partial charge < -0.3 is 14.4 Å². The number of ether oxygens (including phenoxy) is 1. The Hall–Kier alpha value is -3.19. The van der Waals surface area contributed by atoms with Crippen LogP contribution in [0, 0.1) is 0 Å². The van der Waals surface area contributed by atoms with Crippen molar-refractivity contribution in [2.75, 3.05) is 0 Å². The third-order valence-corrected chi connectivity index (χ3v) is 5.06. The maximum Gasteiger partial charge on any atom is 0.307 e. The molecule has 0 fully saturated rings. The van der Waals surface area contributed by atoms with E-state index in [1.807, 2.05) is 29.9 Å². The van der Waals surface area contributed by atoms with Gasteiger partial charge in [-0.2, -0.15) is 0 Å². The first kappa shape index (κ1) is 16.3. The highest BCUT2D eigenvalue weighted by Crippen LogP contribution is 2.38. The van der Waals surface area contributed by atoms with Crippen LogP contribution in [0.2, 0.25) is 0 Å². The van der Waals surface area contributed by atoms with Gasteiger partial charge in [-0.25, -0.2) is 4.98 Å². The molecule has 1 aromatic carbocycles. The summed E-state index contributed by atoms with van der Waals surface area (Å²) in [6, 6.07) is 10.9. The largest absolute Gasteiger partial charge is 0.481 e. The van der Waals surface area contributed by atoms with E-state index in [0.29, 0.717) is 11.5 Å². The number of aliphatic carboxylic acids is 1. The fraction of sp³-hybridized carbons (Fsp3) is 0.105. The van der Waals surface area contributed by atoms with Gasteiger partial charge in [0.2, 0.25) is 0 Å². The van der Waals surface area contributed by atoms with E-state index < -0.39 is 5.97 Å². The van der Waals surface area contributed by atoms with E-state index >= 15 is 0 Å². The number of carboxylic acid groups (broad SMARTS) is 1. The Labute approximate surface area is 153 Å². The number of nitrogens with zero attached hydrogens (tertiary/aromatic N) is 3. The van der Waals surface area contributed by atoms with Gasteiger partial charge in [0.15, 0.2) is 0 Å². The molecule has 7 heteroatoms. The normalized spacial score (nSPS) is 11.0. The van der Waals surface area contributed by atoms with Gasteiger partial charge in [0, 0.05) is 31.7 Å². The fourth-order valence-corrected chi connectivity index (χ4v) is 3.79. The molecule has 0 atom stereocenters. The summed E-state index contributed by atoms with van der Waals surface area (Å²) in [5.41, 5.74) is 1.59. The molecule has 0 unspecified atom stereocenters. The number of rotatable bonds is 5. The molecule has 0 aliphatic rings. The van der Waals surface area contributed by atoms with Gasteiger partial charge in [0.25, 0.3) is 0 Å². The second kappa shape index (κ2) is 6.61. The lowest BCUT2D eigenvalue weighted by Crippen LogP contribution is -1.99. The fourth-order valence-electron chi connectivity index (χ4n) is 2.69. The Morgan fingerprint density at radius 3 is 2.69 bits per heavy atom. The molecule has 3 aromatic heterocycles. The molecule has 0 amide bonds. The SMILES string of the molecule is Cn1ccnc1-c1cc2nccc(Oc3ccc(CC(=O)O)cc3)c2s1. The van der Waals surface area contributed by atoms with Crippen LogP contribution in [-0.4, -0.2) is 25.6 Å². The highest BCUT2D eigenvalue weighted by atomic mass is 32.1. The maximum atomic E-state index is 10.8. The number of benzene rings is 1. The van der Waals surface area contributed by atoms with E-state index in [-0.39, 0.29) is 6.42 Å². The first-order chi connectivity index (χ1) is 12.6. The lowest BCUT2D eigenvalue weighted by atomic mass is 10.1. The zero-order valence-corrected chi connectivity index (χ0v) is 14.7. The summed E-state index contributed by atoms with van der Waals surface area (Å²) in [4.78, 5) is 20.6. The first-order valence-corrected chi connectivity index (χ1v) is 8.76. The van der Waals surface area contributed by atoms with E-state index in [0.717, 1.165) is 26.5 Å². The summed E-state index contributed by atoms with van der Waals surface area (Å²) < 4.78 is 8.92. The van der Waals surface area contributed by atoms with Crippen molar-refractivity contribution in [3.05, 3.63) is 60.6 Å². The molecular weight excluding hydrogens is 350 g/mol. The van der Waals surface area contributed by atoms with E-state index in [2.05, 4.69) is 9.97 Å². The Morgan fingerprint density at radius 1 is 1.19 bits per heavy atom. The van der Waals surface area contributed by atoms with Gasteiger partial charge in [0.1, 0.15) is 17.3 Å². The number of pyridine rings is 1. The summed E-state index contributed by atoms with van der Waals surface area (Å²) >= 11 is 1.58. The molecule has 0 radical (unpaired) electrons. The van der Waals surface area contributed by atoms with Crippen molar-refractivity contribution in [1.82, 2.24) is 14.5 Å². The zero-order valence-electron chi connectivity index (χ0n) is 13.9. The molecule has 0 aliphatic heterocycles. The minimum Gasteiger partial charge on any atom is -0.481 e. The van der Waals surface area contributed by atoms with Crippen LogP contribution in [0.3, 0.4) is 0 Å². The van der Waals surface area contributed by atoms with E-state index in [1.165, 1.54) is 0 Å². The van der Waals surface area contributed by atoms with Crippen LogP contribution in [0.5, 0.6) is 11.5 Å². The first-order valence-electron chi connectivity index (χ1n) is 7.95. The van der Waals surface area contributed by atoms with E-state index in [1.54, 1.807) is 48.0 Å². The molecule has 4 aromatic rings. The number of hydrogen-bond donors (Lipinski definition) is 1. The molecule has 0 saturated carbocycles. The zero-order chi connectivity index (χ0) is 18.1. The highest BCUT2D eigenvalue weighted by molar-refractivity contribution is 7.22. The maximum absolute atomic E-state index is 10.8. The second-order valence-electron chi connectivity index (χ2n) is 5.81. The van der Waals surface area contributed by atoms with Crippen molar-refractivity contribution < 1.29 is 14.6 Å². The Kier molecular flexibility index (Phi) is 4.14. The summed E-state index contributed by atoms with van der Waals surface area (Å²) in [6.07, 6.45) is 5.38.